The van der Waals surface area contributed by atoms with Gasteiger partial charge in [-0.05, 0) is 106 Å². The number of nitriles is 1. The number of carbonyl (C=O) groups is 5. The fourth-order valence-corrected chi connectivity index (χ4v) is 8.85. The molecule has 2 aliphatic heterocycles. The number of nitrogens with two attached hydrogens (primary N) is 1. The van der Waals surface area contributed by atoms with Gasteiger partial charge in [-0.1, -0.05) is 45.2 Å². The van der Waals surface area contributed by atoms with E-state index in [1.807, 2.05) is 38.1 Å². The fraction of sp³-hybridized carbons (Fsp3) is 0.462. The van der Waals surface area contributed by atoms with Crippen LogP contribution < -0.4 is 41.4 Å². The number of hydrogen-bond donors (Lipinski definition) is 5. The Labute approximate surface area is 404 Å². The van der Waals surface area contributed by atoms with Crippen molar-refractivity contribution in [3.05, 3.63) is 88.7 Å². The van der Waals surface area contributed by atoms with Crippen LogP contribution in [-0.2, 0) is 25.6 Å². The van der Waals surface area contributed by atoms with Gasteiger partial charge >= 0.3 is 0 Å². The number of aromatic nitrogens is 2. The summed E-state index contributed by atoms with van der Waals surface area (Å²) in [4.78, 5) is 84.1. The van der Waals surface area contributed by atoms with Gasteiger partial charge in [0.2, 0.25) is 23.6 Å². The number of benzene rings is 3. The van der Waals surface area contributed by atoms with E-state index in [4.69, 9.17) is 25.2 Å². The van der Waals surface area contributed by atoms with Crippen LogP contribution in [0.1, 0.15) is 105 Å². The fourth-order valence-electron chi connectivity index (χ4n) is 8.85. The monoisotopic (exact) mass is 943 g/mol. The number of amides is 5. The highest BCUT2D eigenvalue weighted by atomic mass is 16.5. The van der Waals surface area contributed by atoms with Gasteiger partial charge in [0.05, 0.1) is 29.6 Å². The number of nitrogens with zero attached hydrogens (tertiary/aromatic N) is 5. The lowest BCUT2D eigenvalue weighted by molar-refractivity contribution is -0.141. The lowest BCUT2D eigenvalue weighted by Gasteiger charge is -2.32. The minimum absolute atomic E-state index is 0.0376. The van der Waals surface area contributed by atoms with Gasteiger partial charge in [0, 0.05) is 55.5 Å². The van der Waals surface area contributed by atoms with Gasteiger partial charge in [0.25, 0.3) is 5.91 Å². The van der Waals surface area contributed by atoms with Crippen molar-refractivity contribution in [3.63, 3.8) is 0 Å². The van der Waals surface area contributed by atoms with E-state index in [1.54, 1.807) is 44.2 Å². The smallest absolute Gasteiger partial charge is 0.255 e. The van der Waals surface area contributed by atoms with Crippen LogP contribution in [0, 0.1) is 25.2 Å². The number of carbonyl (C=O) groups excluding carboxylic acids is 5. The topological polar surface area (TPSA) is 234 Å². The molecule has 1 aromatic heterocycles. The van der Waals surface area contributed by atoms with E-state index < -0.39 is 53.7 Å². The van der Waals surface area contributed by atoms with Crippen molar-refractivity contribution < 1.29 is 33.4 Å². The van der Waals surface area contributed by atoms with Crippen LogP contribution in [0.2, 0.25) is 0 Å². The predicted octanol–water partition coefficient (Wildman–Crippen LogP) is 5.22. The first-order valence-corrected chi connectivity index (χ1v) is 24.0. The summed E-state index contributed by atoms with van der Waals surface area (Å²) in [6, 6.07) is 15.8. The van der Waals surface area contributed by atoms with E-state index in [9.17, 15) is 29.2 Å². The highest BCUT2D eigenvalue weighted by Crippen LogP contribution is 2.40. The van der Waals surface area contributed by atoms with Crippen LogP contribution in [0.15, 0.2) is 60.7 Å². The molecule has 17 heteroatoms. The zero-order valence-electron chi connectivity index (χ0n) is 40.7. The molecule has 4 aromatic rings. The van der Waals surface area contributed by atoms with E-state index in [2.05, 4.69) is 38.3 Å². The molecule has 366 valence electrons. The Bertz CT molecular complexity index is 2500. The molecular formula is C52H66N10O7. The van der Waals surface area contributed by atoms with Gasteiger partial charge < -0.3 is 46.3 Å². The van der Waals surface area contributed by atoms with Crippen molar-refractivity contribution in [3.8, 4) is 40.1 Å². The summed E-state index contributed by atoms with van der Waals surface area (Å²) in [6.07, 6.45) is 6.32. The number of likely N-dealkylation sites (N-methyl/N-ethyl adjacent to an activating group) is 1. The van der Waals surface area contributed by atoms with E-state index in [0.29, 0.717) is 70.4 Å². The van der Waals surface area contributed by atoms with E-state index in [1.165, 1.54) is 44.6 Å². The molecule has 17 nitrogen and oxygen atoms in total. The van der Waals surface area contributed by atoms with Crippen molar-refractivity contribution in [2.75, 3.05) is 51.3 Å². The van der Waals surface area contributed by atoms with E-state index in [-0.39, 0.29) is 38.1 Å². The maximum Gasteiger partial charge on any atom is 0.255 e. The van der Waals surface area contributed by atoms with Crippen LogP contribution in [0.4, 0.5) is 5.69 Å². The Morgan fingerprint density at radius 1 is 0.884 bits per heavy atom. The summed E-state index contributed by atoms with van der Waals surface area (Å²) < 4.78 is 12.4. The molecule has 1 fully saturated rings. The van der Waals surface area contributed by atoms with Crippen molar-refractivity contribution >= 4 is 35.2 Å². The Hall–Kier alpha value is -7.06. The lowest BCUT2D eigenvalue weighted by Crippen LogP contribution is -2.56. The zero-order valence-corrected chi connectivity index (χ0v) is 40.7. The molecule has 6 rings (SSSR count). The molecule has 2 aliphatic rings. The summed E-state index contributed by atoms with van der Waals surface area (Å²) >= 11 is 0. The third kappa shape index (κ3) is 12.7. The predicted molar refractivity (Wildman–Crippen MR) is 263 cm³/mol. The number of ether oxygens (including phenoxy) is 2. The van der Waals surface area contributed by atoms with Crippen molar-refractivity contribution in [1.29, 1.82) is 5.26 Å². The number of anilines is 1. The first-order chi connectivity index (χ1) is 33.3. The number of aryl methyl sites for hydroxylation is 2. The third-order valence-electron chi connectivity index (χ3n) is 12.4. The summed E-state index contributed by atoms with van der Waals surface area (Å²) in [5.74, 6) is -1.66. The maximum absolute atomic E-state index is 14.8. The molecule has 0 radical (unpaired) electrons. The van der Waals surface area contributed by atoms with Gasteiger partial charge in [0.15, 0.2) is 5.82 Å². The molecule has 3 heterocycles. The van der Waals surface area contributed by atoms with Crippen LogP contribution in [0.3, 0.4) is 0 Å². The van der Waals surface area contributed by atoms with Crippen molar-refractivity contribution in [2.45, 2.75) is 110 Å². The Balaban J connectivity index is 1.35. The molecule has 0 saturated carbocycles. The molecule has 5 amide bonds. The number of nitrogens with one attached hydrogen (secondary N) is 4. The average Bonchev–Trinajstić information content (AvgIpc) is 3.63. The SMILES string of the molecule is CCCOc1ccc2cc1-c1cc(ccc1OCCN)[C@H](N(C)C(=O)[C@H](CCC)NC(=O)c1c(C)nc(-c3ccc(N4CCCCCC4)cc3)nc1C)C(=O)N[C@@H](C)C(=O)N[C@H](C(=O)NCC#N)C2. The molecule has 1 saturated heterocycles. The maximum atomic E-state index is 14.8. The standard InChI is InChI=1S/C52H66N10O7/c1-7-13-41(59-50(65)45-32(3)56-47(57-33(45)4)36-15-18-38(19-16-36)62-25-11-9-10-12-26-62)52(67)61(6)46-37-17-21-44(69-28-23-54)40(31-37)39-29-35(14-20-43(39)68-27-8-2)30-42(49(64)55-24-22-53)60-48(63)34(5)58-51(46)66/h14-21,29,31,34,41-42,46H,7-13,23-28,30,54H2,1-6H3,(H,55,64)(H,58,66)(H,59,65)(H,60,63)/t34-,41-,42-,46-/m0/s1. The minimum Gasteiger partial charge on any atom is -0.493 e. The van der Waals surface area contributed by atoms with Crippen LogP contribution in [0.5, 0.6) is 11.5 Å². The summed E-state index contributed by atoms with van der Waals surface area (Å²) in [5.41, 5.74) is 11.1. The normalized spacial score (nSPS) is 17.7. The Morgan fingerprint density at radius 3 is 2.17 bits per heavy atom. The van der Waals surface area contributed by atoms with Crippen molar-refractivity contribution in [2.24, 2.45) is 5.73 Å². The first-order valence-electron chi connectivity index (χ1n) is 24.0. The molecule has 4 atom stereocenters. The highest BCUT2D eigenvalue weighted by molar-refractivity contribution is 6.00. The molecular weight excluding hydrogens is 877 g/mol. The second-order valence-electron chi connectivity index (χ2n) is 17.7. The number of hydrogen-bond acceptors (Lipinski definition) is 12. The highest BCUT2D eigenvalue weighted by Gasteiger charge is 2.36. The van der Waals surface area contributed by atoms with Crippen LogP contribution in [-0.4, -0.2) is 109 Å². The average molecular weight is 943 g/mol. The van der Waals surface area contributed by atoms with Gasteiger partial charge in [-0.15, -0.1) is 0 Å². The molecule has 0 aliphatic carbocycles. The van der Waals surface area contributed by atoms with Gasteiger partial charge in [-0.25, -0.2) is 9.97 Å². The molecule has 0 unspecified atom stereocenters. The molecule has 6 N–H and O–H groups in total. The minimum atomic E-state index is -1.34. The quantitative estimate of drug-likeness (QED) is 0.0911. The summed E-state index contributed by atoms with van der Waals surface area (Å²) in [5, 5.41) is 20.2. The first kappa shape index (κ1) is 51.3. The number of fused-ring (bicyclic) bond motifs is 5. The molecule has 4 bridgehead atoms. The molecule has 69 heavy (non-hydrogen) atoms. The van der Waals surface area contributed by atoms with Crippen LogP contribution >= 0.6 is 0 Å². The largest absolute Gasteiger partial charge is 0.493 e. The second-order valence-corrected chi connectivity index (χ2v) is 17.7. The van der Waals surface area contributed by atoms with Gasteiger partial charge in [-0.2, -0.15) is 5.26 Å². The molecule has 0 spiro atoms. The molecule has 3 aromatic carbocycles. The second kappa shape index (κ2) is 24.3. The van der Waals surface area contributed by atoms with Gasteiger partial charge in [-0.3, -0.25) is 24.0 Å². The summed E-state index contributed by atoms with van der Waals surface area (Å²) in [7, 11) is 1.48. The zero-order chi connectivity index (χ0) is 49.6. The van der Waals surface area contributed by atoms with Gasteiger partial charge in [0.1, 0.15) is 48.8 Å². The Kier molecular flexibility index (Phi) is 18.1. The van der Waals surface area contributed by atoms with E-state index >= 15 is 0 Å². The number of rotatable bonds is 16. The van der Waals surface area contributed by atoms with Crippen LogP contribution in [0.25, 0.3) is 22.5 Å². The lowest BCUT2D eigenvalue weighted by atomic mass is 9.93. The Morgan fingerprint density at radius 2 is 1.54 bits per heavy atom. The van der Waals surface area contributed by atoms with Crippen molar-refractivity contribution in [1.82, 2.24) is 36.1 Å². The third-order valence-corrected chi connectivity index (χ3v) is 12.4. The van der Waals surface area contributed by atoms with E-state index in [0.717, 1.165) is 24.3 Å². The summed E-state index contributed by atoms with van der Waals surface area (Å²) in [6.45, 7) is 11.4.